The van der Waals surface area contributed by atoms with Crippen LogP contribution in [0.1, 0.15) is 25.7 Å². The molecule has 6 bridgehead atoms. The molecule has 0 amide bonds. The van der Waals surface area contributed by atoms with E-state index >= 15 is 0 Å². The molecule has 4 atom stereocenters. The topological polar surface area (TPSA) is 0 Å². The third-order valence-corrected chi connectivity index (χ3v) is 4.57. The fraction of sp³-hybridized carbons (Fsp3) is 0.800. The lowest BCUT2D eigenvalue weighted by molar-refractivity contribution is -0.0782. The van der Waals surface area contributed by atoms with Crippen molar-refractivity contribution in [1.29, 1.82) is 0 Å². The SMILES string of the molecule is C1CC2C3CCC4=C1C3C42. The van der Waals surface area contributed by atoms with Crippen molar-refractivity contribution >= 4 is 0 Å². The largest absolute Gasteiger partial charge is 0.0667 e. The highest BCUT2D eigenvalue weighted by Gasteiger charge is 2.64. The minimum Gasteiger partial charge on any atom is -0.0667 e. The molecule has 0 aromatic heterocycles. The summed E-state index contributed by atoms with van der Waals surface area (Å²) in [7, 11) is 0. The van der Waals surface area contributed by atoms with Crippen LogP contribution < -0.4 is 0 Å². The Morgan fingerprint density at radius 1 is 0.800 bits per heavy atom. The summed E-state index contributed by atoms with van der Waals surface area (Å²) in [5, 5.41) is 0. The molecule has 7 aliphatic rings. The van der Waals surface area contributed by atoms with E-state index < -0.39 is 0 Å². The molecule has 0 spiro atoms. The summed E-state index contributed by atoms with van der Waals surface area (Å²) in [4.78, 5) is 0. The third-order valence-electron chi connectivity index (χ3n) is 4.57. The van der Waals surface area contributed by atoms with Gasteiger partial charge in [-0.15, -0.1) is 0 Å². The smallest absolute Gasteiger partial charge is 0.0101 e. The predicted molar refractivity (Wildman–Crippen MR) is 39.5 cm³/mol. The zero-order chi connectivity index (χ0) is 6.29. The lowest BCUT2D eigenvalue weighted by Crippen LogP contribution is -2.61. The molecule has 0 aliphatic heterocycles. The maximum Gasteiger partial charge on any atom is -0.0101 e. The summed E-state index contributed by atoms with van der Waals surface area (Å²) < 4.78 is 0. The fourth-order valence-corrected chi connectivity index (χ4v) is 4.29. The molecule has 0 nitrogen and oxygen atoms in total. The van der Waals surface area contributed by atoms with Crippen LogP contribution in [-0.2, 0) is 0 Å². The van der Waals surface area contributed by atoms with Crippen molar-refractivity contribution in [3.05, 3.63) is 11.1 Å². The molecule has 4 fully saturated rings. The van der Waals surface area contributed by atoms with Crippen LogP contribution in [0.5, 0.6) is 0 Å². The van der Waals surface area contributed by atoms with Gasteiger partial charge in [-0.25, -0.2) is 0 Å². The average Bonchev–Trinajstić information content (AvgIpc) is 2.05. The van der Waals surface area contributed by atoms with Crippen LogP contribution in [0.4, 0.5) is 0 Å². The molecule has 0 N–H and O–H groups in total. The van der Waals surface area contributed by atoms with Crippen LogP contribution >= 0.6 is 0 Å². The number of hydrogen-bond donors (Lipinski definition) is 0. The highest BCUT2D eigenvalue weighted by atomic mass is 14.7. The highest BCUT2D eigenvalue weighted by Crippen LogP contribution is 2.73. The van der Waals surface area contributed by atoms with Gasteiger partial charge in [0.1, 0.15) is 0 Å². The Bertz CT molecular complexity index is 223. The van der Waals surface area contributed by atoms with Gasteiger partial charge in [0.05, 0.1) is 0 Å². The molecule has 4 unspecified atom stereocenters. The highest BCUT2D eigenvalue weighted by molar-refractivity contribution is 5.45. The maximum atomic E-state index is 1.93. The first-order chi connectivity index (χ1) is 4.97. The minimum atomic E-state index is 1.16. The first-order valence-electron chi connectivity index (χ1n) is 4.68. The van der Waals surface area contributed by atoms with Gasteiger partial charge in [-0.1, -0.05) is 11.1 Å². The number of allylic oxidation sites excluding steroid dienone is 2. The summed E-state index contributed by atoms with van der Waals surface area (Å²) in [5.74, 6) is 4.68. The average molecular weight is 132 g/mol. The Labute approximate surface area is 61.3 Å². The van der Waals surface area contributed by atoms with Crippen LogP contribution in [0.3, 0.4) is 0 Å². The Kier molecular flexibility index (Phi) is 0.508. The van der Waals surface area contributed by atoms with Gasteiger partial charge in [0.2, 0.25) is 0 Å². The Hall–Kier alpha value is -0.260. The van der Waals surface area contributed by atoms with E-state index in [1.807, 2.05) is 11.1 Å². The molecule has 4 saturated carbocycles. The first-order valence-corrected chi connectivity index (χ1v) is 4.68. The van der Waals surface area contributed by atoms with Crippen molar-refractivity contribution in [2.75, 3.05) is 0 Å². The molecule has 0 saturated heterocycles. The van der Waals surface area contributed by atoms with E-state index in [0.29, 0.717) is 0 Å². The van der Waals surface area contributed by atoms with Gasteiger partial charge in [0, 0.05) is 0 Å². The first kappa shape index (κ1) is 4.58. The van der Waals surface area contributed by atoms with E-state index in [9.17, 15) is 0 Å². The molecule has 7 rings (SSSR count). The van der Waals surface area contributed by atoms with Crippen LogP contribution in [-0.4, -0.2) is 0 Å². The van der Waals surface area contributed by atoms with Gasteiger partial charge in [-0.2, -0.15) is 0 Å². The van der Waals surface area contributed by atoms with Crippen LogP contribution in [0.25, 0.3) is 0 Å². The van der Waals surface area contributed by atoms with E-state index in [1.165, 1.54) is 24.7 Å². The summed E-state index contributed by atoms with van der Waals surface area (Å²) in [6, 6.07) is 0. The van der Waals surface area contributed by atoms with E-state index in [-0.39, 0.29) is 0 Å². The lowest BCUT2D eigenvalue weighted by atomic mass is 9.35. The number of rotatable bonds is 0. The zero-order valence-electron chi connectivity index (χ0n) is 6.14. The minimum absolute atomic E-state index is 1.16. The lowest BCUT2D eigenvalue weighted by Gasteiger charge is -2.70. The third kappa shape index (κ3) is 0.247. The summed E-state index contributed by atoms with van der Waals surface area (Å²) in [6.45, 7) is 0. The van der Waals surface area contributed by atoms with E-state index in [2.05, 4.69) is 0 Å². The molecule has 7 aliphatic carbocycles. The zero-order valence-corrected chi connectivity index (χ0v) is 6.14. The molecule has 0 aromatic carbocycles. The predicted octanol–water partition coefficient (Wildman–Crippen LogP) is 2.36. The molecule has 0 aromatic rings. The van der Waals surface area contributed by atoms with Crippen molar-refractivity contribution < 1.29 is 0 Å². The van der Waals surface area contributed by atoms with Gasteiger partial charge in [0.25, 0.3) is 0 Å². The Morgan fingerprint density at radius 2 is 1.30 bits per heavy atom. The summed E-state index contributed by atoms with van der Waals surface area (Å²) in [5.41, 5.74) is 3.87. The monoisotopic (exact) mass is 132 g/mol. The normalized spacial score (nSPS) is 60.0. The summed E-state index contributed by atoms with van der Waals surface area (Å²) in [6.07, 6.45) is 6.12. The van der Waals surface area contributed by atoms with Crippen molar-refractivity contribution in [1.82, 2.24) is 0 Å². The van der Waals surface area contributed by atoms with Crippen molar-refractivity contribution in [2.45, 2.75) is 25.7 Å². The Morgan fingerprint density at radius 3 is 1.60 bits per heavy atom. The number of hydrogen-bond acceptors (Lipinski definition) is 0. The van der Waals surface area contributed by atoms with E-state index in [4.69, 9.17) is 0 Å². The molecule has 0 radical (unpaired) electrons. The van der Waals surface area contributed by atoms with Crippen molar-refractivity contribution in [3.63, 3.8) is 0 Å². The van der Waals surface area contributed by atoms with Gasteiger partial charge < -0.3 is 0 Å². The van der Waals surface area contributed by atoms with E-state index in [0.717, 1.165) is 11.8 Å². The van der Waals surface area contributed by atoms with Crippen LogP contribution in [0.2, 0.25) is 0 Å². The molecular formula is C10H12. The molecular weight excluding hydrogens is 120 g/mol. The van der Waals surface area contributed by atoms with Gasteiger partial charge in [0.15, 0.2) is 0 Å². The molecule has 10 heavy (non-hydrogen) atoms. The van der Waals surface area contributed by atoms with Crippen LogP contribution in [0, 0.1) is 23.7 Å². The second-order valence-corrected chi connectivity index (χ2v) is 4.51. The Balaban J connectivity index is 2.03. The standard InChI is InChI=1S/C10H12/c1-2-6-8-4-3-7-5(1)9(8)10(6)7/h5,7,9-10H,1-4H2. The van der Waals surface area contributed by atoms with Gasteiger partial charge in [-0.3, -0.25) is 0 Å². The number of fused-ring (bicyclic) bond motifs is 1. The second kappa shape index (κ2) is 1.11. The van der Waals surface area contributed by atoms with Crippen molar-refractivity contribution in [2.24, 2.45) is 23.7 Å². The van der Waals surface area contributed by atoms with Gasteiger partial charge in [-0.05, 0) is 49.4 Å². The van der Waals surface area contributed by atoms with Gasteiger partial charge >= 0.3 is 0 Å². The maximum absolute atomic E-state index is 1.93. The summed E-state index contributed by atoms with van der Waals surface area (Å²) >= 11 is 0. The molecule has 0 heterocycles. The molecule has 52 valence electrons. The van der Waals surface area contributed by atoms with Crippen LogP contribution in [0.15, 0.2) is 11.1 Å². The fourth-order valence-electron chi connectivity index (χ4n) is 4.29. The van der Waals surface area contributed by atoms with E-state index in [1.54, 1.807) is 12.8 Å². The van der Waals surface area contributed by atoms with Crippen molar-refractivity contribution in [3.8, 4) is 0 Å². The molecule has 0 heteroatoms. The quantitative estimate of drug-likeness (QED) is 0.444. The second-order valence-electron chi connectivity index (χ2n) is 4.51.